The standard InChI is InChI=1S/C18H21Cl2N3O2.HI/c1-11-6-7-13(8-12(11)2)23-18(21)22-9-14(24)10-25-16-5-3-4-15(19)17(16)20;/h3-8,14,24H,9-10H2,1-2H3,(H3,21,22,23);1H. The molecule has 2 aromatic carbocycles. The van der Waals surface area contributed by atoms with Crippen molar-refractivity contribution in [2.45, 2.75) is 20.0 Å². The van der Waals surface area contributed by atoms with Gasteiger partial charge in [-0.3, -0.25) is 4.99 Å². The third-order valence-corrected chi connectivity index (χ3v) is 4.40. The lowest BCUT2D eigenvalue weighted by molar-refractivity contribution is 0.114. The highest BCUT2D eigenvalue weighted by Crippen LogP contribution is 2.31. The van der Waals surface area contributed by atoms with E-state index in [1.165, 1.54) is 5.56 Å². The molecule has 0 aromatic heterocycles. The van der Waals surface area contributed by atoms with E-state index in [1.807, 2.05) is 32.0 Å². The van der Waals surface area contributed by atoms with Gasteiger partial charge in [0.15, 0.2) is 5.96 Å². The maximum atomic E-state index is 9.97. The first-order valence-corrected chi connectivity index (χ1v) is 8.51. The van der Waals surface area contributed by atoms with Crippen molar-refractivity contribution in [3.05, 3.63) is 57.6 Å². The Bertz CT molecular complexity index is 772. The minimum atomic E-state index is -0.824. The number of ether oxygens (including phenoxy) is 1. The van der Waals surface area contributed by atoms with Gasteiger partial charge in [0.2, 0.25) is 0 Å². The number of hydrogen-bond donors (Lipinski definition) is 3. The van der Waals surface area contributed by atoms with Crippen molar-refractivity contribution in [1.82, 2.24) is 0 Å². The predicted molar refractivity (Wildman–Crippen MR) is 119 cm³/mol. The van der Waals surface area contributed by atoms with Crippen LogP contribution >= 0.6 is 47.2 Å². The molecule has 2 aromatic rings. The van der Waals surface area contributed by atoms with E-state index in [1.54, 1.807) is 18.2 Å². The SMILES string of the molecule is Cc1ccc(NC(N)=NCC(O)COc2cccc(Cl)c2Cl)cc1C.I. The molecule has 4 N–H and O–H groups in total. The Hall–Kier alpha value is -1.22. The van der Waals surface area contributed by atoms with Gasteiger partial charge in [-0.25, -0.2) is 0 Å². The van der Waals surface area contributed by atoms with E-state index in [2.05, 4.69) is 10.3 Å². The topological polar surface area (TPSA) is 79.9 Å². The molecule has 0 fully saturated rings. The van der Waals surface area contributed by atoms with E-state index in [4.69, 9.17) is 33.7 Å². The number of nitrogens with two attached hydrogens (primary N) is 1. The molecule has 0 heterocycles. The van der Waals surface area contributed by atoms with Crippen LogP contribution in [-0.4, -0.2) is 30.3 Å². The van der Waals surface area contributed by atoms with E-state index in [9.17, 15) is 5.11 Å². The number of halogens is 3. The molecule has 0 bridgehead atoms. The summed E-state index contributed by atoms with van der Waals surface area (Å²) in [7, 11) is 0. The second kappa shape index (κ2) is 10.8. The molecule has 1 atom stereocenters. The number of nitrogens with one attached hydrogen (secondary N) is 1. The summed E-state index contributed by atoms with van der Waals surface area (Å²) in [5.41, 5.74) is 9.05. The van der Waals surface area contributed by atoms with Gasteiger partial charge in [-0.15, -0.1) is 24.0 Å². The summed E-state index contributed by atoms with van der Waals surface area (Å²) in [5, 5.41) is 13.7. The monoisotopic (exact) mass is 509 g/mol. The Kier molecular flexibility index (Phi) is 9.49. The lowest BCUT2D eigenvalue weighted by Gasteiger charge is -2.13. The molecule has 1 unspecified atom stereocenters. The average Bonchev–Trinajstić information content (AvgIpc) is 2.57. The van der Waals surface area contributed by atoms with Crippen molar-refractivity contribution in [2.75, 3.05) is 18.5 Å². The zero-order valence-electron chi connectivity index (χ0n) is 14.5. The summed E-state index contributed by atoms with van der Waals surface area (Å²) < 4.78 is 5.46. The molecule has 8 heteroatoms. The van der Waals surface area contributed by atoms with Crippen molar-refractivity contribution >= 4 is 58.8 Å². The molecule has 0 aliphatic rings. The summed E-state index contributed by atoms with van der Waals surface area (Å²) >= 11 is 11.9. The summed E-state index contributed by atoms with van der Waals surface area (Å²) in [6.45, 7) is 4.19. The van der Waals surface area contributed by atoms with Crippen LogP contribution in [0.3, 0.4) is 0 Å². The average molecular weight is 510 g/mol. The first kappa shape index (κ1) is 22.8. The molecule has 142 valence electrons. The van der Waals surface area contributed by atoms with Gasteiger partial charge in [-0.05, 0) is 49.2 Å². The number of rotatable bonds is 6. The molecule has 0 spiro atoms. The van der Waals surface area contributed by atoms with Gasteiger partial charge >= 0.3 is 0 Å². The summed E-state index contributed by atoms with van der Waals surface area (Å²) in [6, 6.07) is 11.0. The van der Waals surface area contributed by atoms with Crippen molar-refractivity contribution in [3.63, 3.8) is 0 Å². The van der Waals surface area contributed by atoms with Gasteiger partial charge in [0.25, 0.3) is 0 Å². The lowest BCUT2D eigenvalue weighted by atomic mass is 10.1. The van der Waals surface area contributed by atoms with E-state index in [0.29, 0.717) is 15.8 Å². The Morgan fingerprint density at radius 2 is 1.96 bits per heavy atom. The highest BCUT2D eigenvalue weighted by atomic mass is 127. The van der Waals surface area contributed by atoms with Crippen molar-refractivity contribution < 1.29 is 9.84 Å². The molecule has 0 amide bonds. The number of anilines is 1. The first-order chi connectivity index (χ1) is 11.9. The zero-order chi connectivity index (χ0) is 18.4. The van der Waals surface area contributed by atoms with E-state index in [-0.39, 0.29) is 43.1 Å². The maximum absolute atomic E-state index is 9.97. The molecular formula is C18H22Cl2IN3O2. The number of aryl methyl sites for hydroxylation is 2. The largest absolute Gasteiger partial charge is 0.489 e. The van der Waals surface area contributed by atoms with Crippen LogP contribution < -0.4 is 15.8 Å². The van der Waals surface area contributed by atoms with Crippen LogP contribution in [-0.2, 0) is 0 Å². The fourth-order valence-electron chi connectivity index (χ4n) is 2.04. The number of nitrogens with zero attached hydrogens (tertiary/aromatic N) is 1. The number of hydrogen-bond acceptors (Lipinski definition) is 3. The molecule has 0 aliphatic heterocycles. The van der Waals surface area contributed by atoms with Gasteiger partial charge in [-0.1, -0.05) is 35.3 Å². The number of benzene rings is 2. The smallest absolute Gasteiger partial charge is 0.193 e. The van der Waals surface area contributed by atoms with Crippen LogP contribution in [0.2, 0.25) is 10.0 Å². The van der Waals surface area contributed by atoms with Crippen molar-refractivity contribution in [2.24, 2.45) is 10.7 Å². The number of aliphatic imine (C=N–C) groups is 1. The van der Waals surface area contributed by atoms with Crippen LogP contribution in [0.5, 0.6) is 5.75 Å². The van der Waals surface area contributed by atoms with Crippen LogP contribution in [0.1, 0.15) is 11.1 Å². The Labute approximate surface area is 180 Å². The van der Waals surface area contributed by atoms with Crippen LogP contribution in [0, 0.1) is 13.8 Å². The molecule has 5 nitrogen and oxygen atoms in total. The summed E-state index contributed by atoms with van der Waals surface area (Å²) in [5.74, 6) is 0.640. The lowest BCUT2D eigenvalue weighted by Crippen LogP contribution is -2.27. The Balaban J connectivity index is 0.00000338. The zero-order valence-corrected chi connectivity index (χ0v) is 18.3. The van der Waals surface area contributed by atoms with Crippen molar-refractivity contribution in [3.8, 4) is 5.75 Å². The van der Waals surface area contributed by atoms with Crippen LogP contribution in [0.25, 0.3) is 0 Å². The maximum Gasteiger partial charge on any atom is 0.193 e. The van der Waals surface area contributed by atoms with Gasteiger partial charge in [0.05, 0.1) is 11.6 Å². The Morgan fingerprint density at radius 1 is 1.23 bits per heavy atom. The molecular weight excluding hydrogens is 488 g/mol. The molecule has 26 heavy (non-hydrogen) atoms. The van der Waals surface area contributed by atoms with E-state index in [0.717, 1.165) is 11.3 Å². The Morgan fingerprint density at radius 3 is 2.65 bits per heavy atom. The van der Waals surface area contributed by atoms with Gasteiger partial charge in [-0.2, -0.15) is 0 Å². The minimum absolute atomic E-state index is 0. The quantitative estimate of drug-likeness (QED) is 0.306. The highest BCUT2D eigenvalue weighted by molar-refractivity contribution is 14.0. The van der Waals surface area contributed by atoms with Gasteiger partial charge in [0.1, 0.15) is 23.5 Å². The second-order valence-electron chi connectivity index (χ2n) is 5.67. The van der Waals surface area contributed by atoms with E-state index < -0.39 is 6.10 Å². The number of aliphatic hydroxyl groups excluding tert-OH is 1. The van der Waals surface area contributed by atoms with Crippen LogP contribution in [0.15, 0.2) is 41.4 Å². The normalized spacial score (nSPS) is 12.3. The molecule has 0 saturated heterocycles. The third-order valence-electron chi connectivity index (χ3n) is 3.60. The van der Waals surface area contributed by atoms with Crippen LogP contribution in [0.4, 0.5) is 5.69 Å². The van der Waals surface area contributed by atoms with E-state index >= 15 is 0 Å². The number of aliphatic hydroxyl groups is 1. The fourth-order valence-corrected chi connectivity index (χ4v) is 2.39. The van der Waals surface area contributed by atoms with Gasteiger partial charge in [0, 0.05) is 5.69 Å². The highest BCUT2D eigenvalue weighted by Gasteiger charge is 2.09. The summed E-state index contributed by atoms with van der Waals surface area (Å²) in [4.78, 5) is 4.12. The second-order valence-corrected chi connectivity index (χ2v) is 6.45. The summed E-state index contributed by atoms with van der Waals surface area (Å²) in [6.07, 6.45) is -0.824. The fraction of sp³-hybridized carbons (Fsp3) is 0.278. The van der Waals surface area contributed by atoms with Crippen molar-refractivity contribution in [1.29, 1.82) is 0 Å². The van der Waals surface area contributed by atoms with Gasteiger partial charge < -0.3 is 20.9 Å². The number of guanidine groups is 1. The first-order valence-electron chi connectivity index (χ1n) is 7.76. The molecule has 0 aliphatic carbocycles. The predicted octanol–water partition coefficient (Wildman–Crippen LogP) is 4.39. The molecule has 0 saturated carbocycles. The minimum Gasteiger partial charge on any atom is -0.489 e. The molecule has 2 rings (SSSR count). The third kappa shape index (κ3) is 6.83. The molecule has 0 radical (unpaired) electrons.